The molecule has 0 heterocycles. The standard InChI is InChI=1S/C15H20N2O3/c1-3-19-13-8-7-12(14(9-13)20-4-2)10-16-17-15(18)11-5-6-11/h7-11H,3-6H2,1-2H3,(H,17,18)/b16-10-. The quantitative estimate of drug-likeness (QED) is 0.614. The molecular formula is C15H20N2O3. The largest absolute Gasteiger partial charge is 0.494 e. The van der Waals surface area contributed by atoms with E-state index in [-0.39, 0.29) is 11.8 Å². The van der Waals surface area contributed by atoms with Gasteiger partial charge in [0.15, 0.2) is 0 Å². The van der Waals surface area contributed by atoms with Gasteiger partial charge in [0.05, 0.1) is 19.4 Å². The van der Waals surface area contributed by atoms with Crippen LogP contribution >= 0.6 is 0 Å². The zero-order chi connectivity index (χ0) is 14.4. The number of carbonyl (C=O) groups excluding carboxylic acids is 1. The Morgan fingerprint density at radius 1 is 1.35 bits per heavy atom. The average Bonchev–Trinajstić information content (AvgIpc) is 3.26. The number of nitrogens with one attached hydrogen (secondary N) is 1. The number of rotatable bonds is 7. The van der Waals surface area contributed by atoms with E-state index in [1.54, 1.807) is 6.21 Å². The third kappa shape index (κ3) is 3.98. The van der Waals surface area contributed by atoms with Gasteiger partial charge in [-0.2, -0.15) is 5.10 Å². The number of hydrogen-bond donors (Lipinski definition) is 1. The summed E-state index contributed by atoms with van der Waals surface area (Å²) in [6.45, 7) is 5.02. The molecule has 0 aliphatic heterocycles. The SMILES string of the molecule is CCOc1ccc(/C=N\NC(=O)C2CC2)c(OCC)c1. The lowest BCUT2D eigenvalue weighted by Gasteiger charge is -2.09. The summed E-state index contributed by atoms with van der Waals surface area (Å²) in [5.41, 5.74) is 3.36. The van der Waals surface area contributed by atoms with Gasteiger partial charge in [-0.3, -0.25) is 4.79 Å². The summed E-state index contributed by atoms with van der Waals surface area (Å²) in [4.78, 5) is 11.5. The van der Waals surface area contributed by atoms with Crippen LogP contribution in [0.1, 0.15) is 32.3 Å². The van der Waals surface area contributed by atoms with Crippen molar-refractivity contribution in [3.63, 3.8) is 0 Å². The summed E-state index contributed by atoms with van der Waals surface area (Å²) < 4.78 is 11.0. The van der Waals surface area contributed by atoms with Crippen LogP contribution in [0.2, 0.25) is 0 Å². The monoisotopic (exact) mass is 276 g/mol. The van der Waals surface area contributed by atoms with Crippen LogP contribution < -0.4 is 14.9 Å². The number of amides is 1. The molecule has 5 heteroatoms. The lowest BCUT2D eigenvalue weighted by molar-refractivity contribution is -0.122. The van der Waals surface area contributed by atoms with Crippen LogP contribution in [-0.4, -0.2) is 25.3 Å². The maximum atomic E-state index is 11.5. The zero-order valence-electron chi connectivity index (χ0n) is 11.9. The van der Waals surface area contributed by atoms with Crippen LogP contribution in [-0.2, 0) is 4.79 Å². The molecule has 1 saturated carbocycles. The van der Waals surface area contributed by atoms with Crippen LogP contribution in [0.3, 0.4) is 0 Å². The van der Waals surface area contributed by atoms with E-state index in [1.165, 1.54) is 0 Å². The number of benzene rings is 1. The van der Waals surface area contributed by atoms with Crippen molar-refractivity contribution in [2.75, 3.05) is 13.2 Å². The number of ether oxygens (including phenoxy) is 2. The first kappa shape index (κ1) is 14.4. The highest BCUT2D eigenvalue weighted by molar-refractivity contribution is 5.86. The van der Waals surface area contributed by atoms with Gasteiger partial charge < -0.3 is 9.47 Å². The van der Waals surface area contributed by atoms with Crippen molar-refractivity contribution >= 4 is 12.1 Å². The third-order valence-corrected chi connectivity index (χ3v) is 2.92. The van der Waals surface area contributed by atoms with E-state index in [0.29, 0.717) is 19.0 Å². The molecule has 1 aliphatic carbocycles. The van der Waals surface area contributed by atoms with E-state index in [1.807, 2.05) is 32.0 Å². The number of hydrogen-bond acceptors (Lipinski definition) is 4. The third-order valence-electron chi connectivity index (χ3n) is 2.92. The Balaban J connectivity index is 2.04. The highest BCUT2D eigenvalue weighted by atomic mass is 16.5. The molecule has 1 aliphatic rings. The van der Waals surface area contributed by atoms with Gasteiger partial charge >= 0.3 is 0 Å². The van der Waals surface area contributed by atoms with Gasteiger partial charge in [-0.15, -0.1) is 0 Å². The molecule has 0 atom stereocenters. The summed E-state index contributed by atoms with van der Waals surface area (Å²) in [6.07, 6.45) is 3.53. The lowest BCUT2D eigenvalue weighted by atomic mass is 10.2. The molecule has 1 amide bonds. The zero-order valence-corrected chi connectivity index (χ0v) is 11.9. The van der Waals surface area contributed by atoms with Crippen molar-refractivity contribution in [3.8, 4) is 11.5 Å². The predicted octanol–water partition coefficient (Wildman–Crippen LogP) is 2.34. The normalized spacial score (nSPS) is 14.3. The lowest BCUT2D eigenvalue weighted by Crippen LogP contribution is -2.19. The minimum atomic E-state index is -0.00912. The van der Waals surface area contributed by atoms with Crippen molar-refractivity contribution in [2.24, 2.45) is 11.0 Å². The molecule has 0 saturated heterocycles. The molecule has 20 heavy (non-hydrogen) atoms. The van der Waals surface area contributed by atoms with E-state index in [0.717, 1.165) is 24.2 Å². The van der Waals surface area contributed by atoms with Gasteiger partial charge in [0.25, 0.3) is 0 Å². The van der Waals surface area contributed by atoms with Crippen LogP contribution in [0.15, 0.2) is 23.3 Å². The second-order valence-electron chi connectivity index (χ2n) is 4.57. The molecule has 1 N–H and O–H groups in total. The van der Waals surface area contributed by atoms with Gasteiger partial charge in [0.2, 0.25) is 5.91 Å². The molecule has 0 aromatic heterocycles. The first-order valence-corrected chi connectivity index (χ1v) is 6.97. The summed E-state index contributed by atoms with van der Waals surface area (Å²) in [6, 6.07) is 5.55. The fourth-order valence-corrected chi connectivity index (χ4v) is 1.76. The Hall–Kier alpha value is -2.04. The number of nitrogens with zero attached hydrogens (tertiary/aromatic N) is 1. The van der Waals surface area contributed by atoms with Gasteiger partial charge in [-0.05, 0) is 38.8 Å². The van der Waals surface area contributed by atoms with Crippen molar-refractivity contribution in [2.45, 2.75) is 26.7 Å². The van der Waals surface area contributed by atoms with Crippen molar-refractivity contribution < 1.29 is 14.3 Å². The molecule has 0 spiro atoms. The topological polar surface area (TPSA) is 59.9 Å². The van der Waals surface area contributed by atoms with Gasteiger partial charge in [0.1, 0.15) is 11.5 Å². The summed E-state index contributed by atoms with van der Waals surface area (Å²) in [5, 5.41) is 3.98. The minimum absolute atomic E-state index is 0.00912. The Kier molecular flexibility index (Phi) is 4.98. The van der Waals surface area contributed by atoms with Gasteiger partial charge in [0, 0.05) is 17.5 Å². The summed E-state index contributed by atoms with van der Waals surface area (Å²) in [5.74, 6) is 1.60. The second kappa shape index (κ2) is 6.93. The second-order valence-corrected chi connectivity index (χ2v) is 4.57. The molecule has 5 nitrogen and oxygen atoms in total. The maximum absolute atomic E-state index is 11.5. The highest BCUT2D eigenvalue weighted by Crippen LogP contribution is 2.28. The Bertz CT molecular complexity index is 496. The Morgan fingerprint density at radius 2 is 2.10 bits per heavy atom. The average molecular weight is 276 g/mol. The molecule has 1 aromatic carbocycles. The fourth-order valence-electron chi connectivity index (χ4n) is 1.76. The molecule has 0 bridgehead atoms. The smallest absolute Gasteiger partial charge is 0.243 e. The van der Waals surface area contributed by atoms with Crippen molar-refractivity contribution in [3.05, 3.63) is 23.8 Å². The van der Waals surface area contributed by atoms with E-state index in [4.69, 9.17) is 9.47 Å². The Morgan fingerprint density at radius 3 is 2.75 bits per heavy atom. The van der Waals surface area contributed by atoms with Crippen LogP contribution in [0, 0.1) is 5.92 Å². The summed E-state index contributed by atoms with van der Waals surface area (Å²) in [7, 11) is 0. The van der Waals surface area contributed by atoms with E-state index >= 15 is 0 Å². The summed E-state index contributed by atoms with van der Waals surface area (Å²) >= 11 is 0. The van der Waals surface area contributed by atoms with Crippen LogP contribution in [0.5, 0.6) is 11.5 Å². The molecule has 0 radical (unpaired) electrons. The van der Waals surface area contributed by atoms with Crippen molar-refractivity contribution in [1.82, 2.24) is 5.43 Å². The number of carbonyl (C=O) groups is 1. The van der Waals surface area contributed by atoms with E-state index < -0.39 is 0 Å². The molecule has 0 unspecified atom stereocenters. The van der Waals surface area contributed by atoms with E-state index in [9.17, 15) is 4.79 Å². The van der Waals surface area contributed by atoms with Crippen LogP contribution in [0.4, 0.5) is 0 Å². The van der Waals surface area contributed by atoms with Gasteiger partial charge in [-0.25, -0.2) is 5.43 Å². The Labute approximate surface area is 119 Å². The molecular weight excluding hydrogens is 256 g/mol. The first-order valence-electron chi connectivity index (χ1n) is 6.97. The maximum Gasteiger partial charge on any atom is 0.243 e. The number of hydrazone groups is 1. The molecule has 108 valence electrons. The first-order chi connectivity index (χ1) is 9.74. The van der Waals surface area contributed by atoms with Crippen LogP contribution in [0.25, 0.3) is 0 Å². The molecule has 2 rings (SSSR count). The molecule has 1 fully saturated rings. The molecule has 1 aromatic rings. The minimum Gasteiger partial charge on any atom is -0.494 e. The predicted molar refractivity (Wildman–Crippen MR) is 77.2 cm³/mol. The van der Waals surface area contributed by atoms with Crippen molar-refractivity contribution in [1.29, 1.82) is 0 Å². The highest BCUT2D eigenvalue weighted by Gasteiger charge is 2.29. The van der Waals surface area contributed by atoms with E-state index in [2.05, 4.69) is 10.5 Å². The fraction of sp³-hybridized carbons (Fsp3) is 0.467. The van der Waals surface area contributed by atoms with Gasteiger partial charge in [-0.1, -0.05) is 0 Å².